The van der Waals surface area contributed by atoms with Crippen LogP contribution in [-0.2, 0) is 5.54 Å². The SMILES string of the molecule is CC(C)(C)n1c(-c2cc(O)ccc2Cl)nc2ccccc21. The minimum Gasteiger partial charge on any atom is -0.508 e. The molecule has 0 spiro atoms. The molecule has 0 aliphatic heterocycles. The van der Waals surface area contributed by atoms with Gasteiger partial charge >= 0.3 is 0 Å². The number of hydrogen-bond acceptors (Lipinski definition) is 2. The number of phenols is 1. The van der Waals surface area contributed by atoms with Crippen molar-refractivity contribution >= 4 is 22.6 Å². The third-order valence-electron chi connectivity index (χ3n) is 3.42. The van der Waals surface area contributed by atoms with Crippen molar-refractivity contribution in [1.29, 1.82) is 0 Å². The van der Waals surface area contributed by atoms with E-state index in [4.69, 9.17) is 16.6 Å². The van der Waals surface area contributed by atoms with Crippen LogP contribution < -0.4 is 0 Å². The zero-order chi connectivity index (χ0) is 15.2. The lowest BCUT2D eigenvalue weighted by molar-refractivity contribution is 0.413. The van der Waals surface area contributed by atoms with Crippen LogP contribution in [0.5, 0.6) is 5.75 Å². The number of imidazole rings is 1. The molecule has 3 aromatic rings. The second-order valence-corrected chi connectivity index (χ2v) is 6.50. The van der Waals surface area contributed by atoms with Crippen molar-refractivity contribution < 1.29 is 5.11 Å². The highest BCUT2D eigenvalue weighted by Crippen LogP contribution is 2.36. The molecular weight excluding hydrogens is 284 g/mol. The van der Waals surface area contributed by atoms with Gasteiger partial charge in [0, 0.05) is 11.1 Å². The summed E-state index contributed by atoms with van der Waals surface area (Å²) in [4.78, 5) is 4.72. The van der Waals surface area contributed by atoms with Crippen molar-refractivity contribution in [3.63, 3.8) is 0 Å². The number of fused-ring (bicyclic) bond motifs is 1. The van der Waals surface area contributed by atoms with E-state index in [0.29, 0.717) is 5.02 Å². The largest absolute Gasteiger partial charge is 0.508 e. The van der Waals surface area contributed by atoms with Gasteiger partial charge in [-0.05, 0) is 51.1 Å². The van der Waals surface area contributed by atoms with Gasteiger partial charge < -0.3 is 9.67 Å². The van der Waals surface area contributed by atoms with Crippen molar-refractivity contribution in [3.8, 4) is 17.1 Å². The molecule has 0 aliphatic carbocycles. The van der Waals surface area contributed by atoms with Gasteiger partial charge in [0.2, 0.25) is 0 Å². The van der Waals surface area contributed by atoms with Gasteiger partial charge in [0.05, 0.1) is 16.1 Å². The first-order valence-electron chi connectivity index (χ1n) is 6.85. The lowest BCUT2D eigenvalue weighted by Crippen LogP contribution is -2.22. The maximum atomic E-state index is 9.77. The van der Waals surface area contributed by atoms with Gasteiger partial charge in [-0.15, -0.1) is 0 Å². The van der Waals surface area contributed by atoms with Crippen molar-refractivity contribution in [2.45, 2.75) is 26.3 Å². The third-order valence-corrected chi connectivity index (χ3v) is 3.75. The fraction of sp³-hybridized carbons (Fsp3) is 0.235. The topological polar surface area (TPSA) is 38.0 Å². The predicted octanol–water partition coefficient (Wildman–Crippen LogP) is 4.82. The molecule has 0 saturated carbocycles. The number of aromatic hydroxyl groups is 1. The first-order chi connectivity index (χ1) is 9.88. The van der Waals surface area contributed by atoms with Crippen LogP contribution in [0.2, 0.25) is 5.02 Å². The highest BCUT2D eigenvalue weighted by Gasteiger charge is 2.23. The number of rotatable bonds is 1. The maximum Gasteiger partial charge on any atom is 0.143 e. The van der Waals surface area contributed by atoms with Gasteiger partial charge in [-0.2, -0.15) is 0 Å². The minimum absolute atomic E-state index is 0.153. The van der Waals surface area contributed by atoms with Crippen molar-refractivity contribution in [1.82, 2.24) is 9.55 Å². The van der Waals surface area contributed by atoms with E-state index < -0.39 is 0 Å². The summed E-state index contributed by atoms with van der Waals surface area (Å²) in [6.45, 7) is 6.38. The Morgan fingerprint density at radius 1 is 1.10 bits per heavy atom. The molecule has 0 bridgehead atoms. The van der Waals surface area contributed by atoms with E-state index in [-0.39, 0.29) is 11.3 Å². The molecule has 1 heterocycles. The normalized spacial score (nSPS) is 12.0. The zero-order valence-corrected chi connectivity index (χ0v) is 13.0. The molecule has 4 heteroatoms. The molecule has 0 atom stereocenters. The van der Waals surface area contributed by atoms with Crippen LogP contribution in [0.4, 0.5) is 0 Å². The Kier molecular flexibility index (Phi) is 3.18. The molecule has 0 radical (unpaired) electrons. The molecule has 3 nitrogen and oxygen atoms in total. The molecule has 0 amide bonds. The van der Waals surface area contributed by atoms with E-state index in [2.05, 4.69) is 25.3 Å². The van der Waals surface area contributed by atoms with E-state index in [0.717, 1.165) is 22.4 Å². The predicted molar refractivity (Wildman–Crippen MR) is 86.8 cm³/mol. The standard InChI is InChI=1S/C17H17ClN2O/c1-17(2,3)20-15-7-5-4-6-14(15)19-16(20)12-10-11(21)8-9-13(12)18/h4-10,21H,1-3H3. The summed E-state index contributed by atoms with van der Waals surface area (Å²) in [5.74, 6) is 0.950. The van der Waals surface area contributed by atoms with E-state index in [1.165, 1.54) is 0 Å². The molecule has 2 aromatic carbocycles. The Morgan fingerprint density at radius 2 is 1.81 bits per heavy atom. The summed E-state index contributed by atoms with van der Waals surface area (Å²) in [5, 5.41) is 10.3. The number of phenolic OH excluding ortho intramolecular Hbond substituents is 1. The zero-order valence-electron chi connectivity index (χ0n) is 12.3. The van der Waals surface area contributed by atoms with E-state index in [9.17, 15) is 5.11 Å². The van der Waals surface area contributed by atoms with Crippen LogP contribution >= 0.6 is 11.6 Å². The lowest BCUT2D eigenvalue weighted by atomic mass is 10.1. The van der Waals surface area contributed by atoms with Crippen LogP contribution in [0.25, 0.3) is 22.4 Å². The van der Waals surface area contributed by atoms with Crippen molar-refractivity contribution in [3.05, 3.63) is 47.5 Å². The van der Waals surface area contributed by atoms with Crippen LogP contribution in [0.1, 0.15) is 20.8 Å². The molecule has 21 heavy (non-hydrogen) atoms. The Labute approximate surface area is 128 Å². The van der Waals surface area contributed by atoms with E-state index >= 15 is 0 Å². The number of hydrogen-bond donors (Lipinski definition) is 1. The average Bonchev–Trinajstić information content (AvgIpc) is 2.80. The Bertz CT molecular complexity index is 815. The second-order valence-electron chi connectivity index (χ2n) is 6.09. The van der Waals surface area contributed by atoms with Crippen LogP contribution in [-0.4, -0.2) is 14.7 Å². The lowest BCUT2D eigenvalue weighted by Gasteiger charge is -2.25. The van der Waals surface area contributed by atoms with Gasteiger partial charge in [0.25, 0.3) is 0 Å². The first-order valence-corrected chi connectivity index (χ1v) is 7.22. The summed E-state index contributed by atoms with van der Waals surface area (Å²) >= 11 is 6.32. The monoisotopic (exact) mass is 300 g/mol. The smallest absolute Gasteiger partial charge is 0.143 e. The van der Waals surface area contributed by atoms with Crippen LogP contribution in [0, 0.1) is 0 Å². The summed E-state index contributed by atoms with van der Waals surface area (Å²) in [5.41, 5.74) is 2.56. The molecule has 108 valence electrons. The molecule has 3 rings (SSSR count). The van der Waals surface area contributed by atoms with Gasteiger partial charge in [-0.25, -0.2) is 4.98 Å². The highest BCUT2D eigenvalue weighted by atomic mass is 35.5. The van der Waals surface area contributed by atoms with Crippen LogP contribution in [0.15, 0.2) is 42.5 Å². The number of halogens is 1. The molecular formula is C17H17ClN2O. The van der Waals surface area contributed by atoms with Crippen molar-refractivity contribution in [2.75, 3.05) is 0 Å². The minimum atomic E-state index is -0.153. The highest BCUT2D eigenvalue weighted by molar-refractivity contribution is 6.33. The molecule has 0 saturated heterocycles. The first kappa shape index (κ1) is 14.0. The molecule has 1 aromatic heterocycles. The molecule has 0 unspecified atom stereocenters. The Balaban J connectivity index is 2.39. The number of para-hydroxylation sites is 2. The van der Waals surface area contributed by atoms with E-state index in [1.54, 1.807) is 18.2 Å². The molecule has 0 fully saturated rings. The van der Waals surface area contributed by atoms with Gasteiger partial charge in [0.15, 0.2) is 0 Å². The Morgan fingerprint density at radius 3 is 2.52 bits per heavy atom. The third kappa shape index (κ3) is 2.38. The second kappa shape index (κ2) is 4.78. The van der Waals surface area contributed by atoms with Gasteiger partial charge in [-0.1, -0.05) is 23.7 Å². The average molecular weight is 301 g/mol. The maximum absolute atomic E-state index is 9.77. The number of nitrogens with zero attached hydrogens (tertiary/aromatic N) is 2. The van der Waals surface area contributed by atoms with Gasteiger partial charge in [0.1, 0.15) is 11.6 Å². The number of benzene rings is 2. The van der Waals surface area contributed by atoms with Crippen LogP contribution in [0.3, 0.4) is 0 Å². The summed E-state index contributed by atoms with van der Waals surface area (Å²) in [7, 11) is 0. The summed E-state index contributed by atoms with van der Waals surface area (Å²) in [6, 6.07) is 12.9. The molecule has 1 N–H and O–H groups in total. The summed E-state index contributed by atoms with van der Waals surface area (Å²) < 4.78 is 2.16. The molecule has 0 aliphatic rings. The fourth-order valence-corrected chi connectivity index (χ4v) is 2.77. The Hall–Kier alpha value is -2.00. The van der Waals surface area contributed by atoms with Gasteiger partial charge in [-0.3, -0.25) is 0 Å². The quantitative estimate of drug-likeness (QED) is 0.700. The fourth-order valence-electron chi connectivity index (χ4n) is 2.57. The number of aromatic nitrogens is 2. The van der Waals surface area contributed by atoms with Crippen molar-refractivity contribution in [2.24, 2.45) is 0 Å². The van der Waals surface area contributed by atoms with E-state index in [1.807, 2.05) is 24.3 Å². The summed E-state index contributed by atoms with van der Waals surface area (Å²) in [6.07, 6.45) is 0.